The van der Waals surface area contributed by atoms with Gasteiger partial charge in [0.2, 0.25) is 10.0 Å². The summed E-state index contributed by atoms with van der Waals surface area (Å²) in [5.41, 5.74) is 2.62. The Balaban J connectivity index is 1.25. The molecule has 190 valence electrons. The first-order chi connectivity index (χ1) is 16.8. The number of hydrogen-bond acceptors (Lipinski definition) is 7. The lowest BCUT2D eigenvalue weighted by atomic mass is 10.00. The number of likely N-dealkylation sites (N-methyl/N-ethyl adjacent to an activating group) is 1. The van der Waals surface area contributed by atoms with Crippen LogP contribution in [0.3, 0.4) is 0 Å². The van der Waals surface area contributed by atoms with Crippen LogP contribution in [0, 0.1) is 0 Å². The highest BCUT2D eigenvalue weighted by molar-refractivity contribution is 7.89. The van der Waals surface area contributed by atoms with Crippen molar-refractivity contribution >= 4 is 15.9 Å². The number of carbonyl (C=O) groups is 1. The Bertz CT molecular complexity index is 1120. The third-order valence-corrected chi connectivity index (χ3v) is 8.44. The number of β-amino-alcohol motifs (C(OH)–C–C–N with tert-alkyl or cyclic N) is 1. The standard InChI is InChI=1S/C25H34N4O5S/c1-27-12-14-29(15-13-27)35(32,33)24-9-5-4-8-23(24)34-19-25(31)26-16-22(30)18-28-11-10-20-6-2-3-7-21(20)17-28/h2-9,22,30H,10-19H2,1H3,(H,26,31). The number of aliphatic hydroxyl groups excluding tert-OH is 1. The third-order valence-electron chi connectivity index (χ3n) is 6.50. The van der Waals surface area contributed by atoms with Crippen LogP contribution in [0.25, 0.3) is 0 Å². The molecule has 2 aromatic rings. The number of ether oxygens (including phenoxy) is 1. The van der Waals surface area contributed by atoms with Crippen LogP contribution in [0.4, 0.5) is 0 Å². The molecule has 1 unspecified atom stereocenters. The minimum absolute atomic E-state index is 0.0581. The smallest absolute Gasteiger partial charge is 0.258 e. The molecule has 2 aliphatic rings. The molecule has 10 heteroatoms. The Morgan fingerprint density at radius 1 is 1.03 bits per heavy atom. The topological polar surface area (TPSA) is 102 Å². The summed E-state index contributed by atoms with van der Waals surface area (Å²) >= 11 is 0. The zero-order chi connectivity index (χ0) is 24.8. The summed E-state index contributed by atoms with van der Waals surface area (Å²) in [7, 11) is -1.76. The molecule has 1 fully saturated rings. The summed E-state index contributed by atoms with van der Waals surface area (Å²) in [5.74, 6) is -0.269. The molecule has 0 aromatic heterocycles. The number of nitrogens with zero attached hydrogens (tertiary/aromatic N) is 3. The van der Waals surface area contributed by atoms with E-state index in [1.807, 2.05) is 19.2 Å². The zero-order valence-corrected chi connectivity index (χ0v) is 20.9. The van der Waals surface area contributed by atoms with Gasteiger partial charge in [-0.05, 0) is 36.7 Å². The molecule has 35 heavy (non-hydrogen) atoms. The molecule has 0 bridgehead atoms. The van der Waals surface area contributed by atoms with Gasteiger partial charge in [-0.2, -0.15) is 4.31 Å². The van der Waals surface area contributed by atoms with E-state index in [4.69, 9.17) is 4.74 Å². The monoisotopic (exact) mass is 502 g/mol. The number of fused-ring (bicyclic) bond motifs is 1. The number of piperazine rings is 1. The summed E-state index contributed by atoms with van der Waals surface area (Å²) < 4.78 is 33.3. The van der Waals surface area contributed by atoms with E-state index in [0.717, 1.165) is 19.5 Å². The average Bonchev–Trinajstić information content (AvgIpc) is 2.86. The molecule has 9 nitrogen and oxygen atoms in total. The number of sulfonamides is 1. The summed E-state index contributed by atoms with van der Waals surface area (Å²) in [6.45, 7) is 4.02. The number of carbonyl (C=O) groups excluding carboxylic acids is 1. The second-order valence-electron chi connectivity index (χ2n) is 9.15. The van der Waals surface area contributed by atoms with Crippen molar-refractivity contribution in [1.29, 1.82) is 0 Å². The molecule has 4 rings (SSSR count). The second kappa shape index (κ2) is 11.5. The molecule has 0 radical (unpaired) electrons. The number of nitrogens with one attached hydrogen (secondary N) is 1. The Hall–Kier alpha value is -2.50. The van der Waals surface area contributed by atoms with E-state index in [1.165, 1.54) is 21.5 Å². The van der Waals surface area contributed by atoms with Gasteiger partial charge in [-0.25, -0.2) is 8.42 Å². The molecule has 0 saturated carbocycles. The van der Waals surface area contributed by atoms with Gasteiger partial charge in [-0.1, -0.05) is 36.4 Å². The van der Waals surface area contributed by atoms with E-state index in [-0.39, 0.29) is 23.8 Å². The van der Waals surface area contributed by atoms with Crippen LogP contribution in [0.1, 0.15) is 11.1 Å². The predicted octanol–water partition coefficient (Wildman–Crippen LogP) is 0.537. The Morgan fingerprint density at radius 2 is 1.71 bits per heavy atom. The summed E-state index contributed by atoms with van der Waals surface area (Å²) in [5, 5.41) is 13.1. The normalized spacial score (nSPS) is 18.6. The van der Waals surface area contributed by atoms with Crippen molar-refractivity contribution in [2.45, 2.75) is 24.0 Å². The number of para-hydroxylation sites is 1. The van der Waals surface area contributed by atoms with Crippen LogP contribution in [0.15, 0.2) is 53.4 Å². The van der Waals surface area contributed by atoms with E-state index in [0.29, 0.717) is 32.7 Å². The molecule has 2 aliphatic heterocycles. The van der Waals surface area contributed by atoms with Gasteiger partial charge in [-0.15, -0.1) is 0 Å². The van der Waals surface area contributed by atoms with Gasteiger partial charge in [0.1, 0.15) is 10.6 Å². The minimum Gasteiger partial charge on any atom is -0.482 e. The summed E-state index contributed by atoms with van der Waals surface area (Å²) in [6, 6.07) is 14.7. The molecule has 0 spiro atoms. The third kappa shape index (κ3) is 6.59. The fraction of sp³-hybridized carbons (Fsp3) is 0.480. The lowest BCUT2D eigenvalue weighted by Crippen LogP contribution is -2.47. The number of rotatable bonds is 9. The quantitative estimate of drug-likeness (QED) is 0.516. The van der Waals surface area contributed by atoms with E-state index in [1.54, 1.807) is 18.2 Å². The zero-order valence-electron chi connectivity index (χ0n) is 20.1. The maximum absolute atomic E-state index is 13.1. The summed E-state index contributed by atoms with van der Waals surface area (Å²) in [4.78, 5) is 16.7. The van der Waals surface area contributed by atoms with Crippen molar-refractivity contribution in [2.24, 2.45) is 0 Å². The van der Waals surface area contributed by atoms with Crippen molar-refractivity contribution in [3.05, 3.63) is 59.7 Å². The van der Waals surface area contributed by atoms with E-state index >= 15 is 0 Å². The van der Waals surface area contributed by atoms with Crippen LogP contribution in [-0.2, 0) is 27.8 Å². The molecule has 2 heterocycles. The van der Waals surface area contributed by atoms with E-state index in [2.05, 4.69) is 27.2 Å². The van der Waals surface area contributed by atoms with Gasteiger partial charge in [0, 0.05) is 52.4 Å². The van der Waals surface area contributed by atoms with Crippen molar-refractivity contribution in [3.63, 3.8) is 0 Å². The molecular formula is C25H34N4O5S. The highest BCUT2D eigenvalue weighted by atomic mass is 32.2. The number of benzene rings is 2. The lowest BCUT2D eigenvalue weighted by Gasteiger charge is -2.31. The van der Waals surface area contributed by atoms with Gasteiger partial charge in [0.25, 0.3) is 5.91 Å². The van der Waals surface area contributed by atoms with Gasteiger partial charge in [-0.3, -0.25) is 9.69 Å². The first kappa shape index (κ1) is 25.6. The molecule has 1 amide bonds. The number of aliphatic hydroxyl groups is 1. The first-order valence-corrected chi connectivity index (χ1v) is 13.4. The Morgan fingerprint density at radius 3 is 2.49 bits per heavy atom. The first-order valence-electron chi connectivity index (χ1n) is 12.0. The molecule has 1 saturated heterocycles. The highest BCUT2D eigenvalue weighted by Gasteiger charge is 2.30. The van der Waals surface area contributed by atoms with Gasteiger partial charge in [0.05, 0.1) is 6.10 Å². The van der Waals surface area contributed by atoms with Gasteiger partial charge in [0.15, 0.2) is 6.61 Å². The molecular weight excluding hydrogens is 468 g/mol. The van der Waals surface area contributed by atoms with Gasteiger partial charge >= 0.3 is 0 Å². The van der Waals surface area contributed by atoms with Crippen molar-refractivity contribution in [2.75, 3.05) is 59.5 Å². The largest absolute Gasteiger partial charge is 0.482 e. The van der Waals surface area contributed by atoms with Crippen LogP contribution >= 0.6 is 0 Å². The van der Waals surface area contributed by atoms with Crippen molar-refractivity contribution in [1.82, 2.24) is 19.4 Å². The highest BCUT2D eigenvalue weighted by Crippen LogP contribution is 2.27. The predicted molar refractivity (Wildman–Crippen MR) is 133 cm³/mol. The van der Waals surface area contributed by atoms with Gasteiger partial charge < -0.3 is 20.1 Å². The minimum atomic E-state index is -3.72. The van der Waals surface area contributed by atoms with Crippen LogP contribution in [0.5, 0.6) is 5.75 Å². The van der Waals surface area contributed by atoms with E-state index < -0.39 is 22.0 Å². The maximum Gasteiger partial charge on any atom is 0.258 e. The molecule has 2 N–H and O–H groups in total. The fourth-order valence-electron chi connectivity index (χ4n) is 4.45. The Kier molecular flexibility index (Phi) is 8.40. The summed E-state index contributed by atoms with van der Waals surface area (Å²) in [6.07, 6.45) is 0.230. The van der Waals surface area contributed by atoms with Crippen LogP contribution < -0.4 is 10.1 Å². The maximum atomic E-state index is 13.1. The van der Waals surface area contributed by atoms with Crippen molar-refractivity contribution < 1.29 is 23.1 Å². The van der Waals surface area contributed by atoms with Crippen molar-refractivity contribution in [3.8, 4) is 5.75 Å². The number of hydrogen-bond donors (Lipinski definition) is 2. The average molecular weight is 503 g/mol. The van der Waals surface area contributed by atoms with Crippen LogP contribution in [-0.4, -0.2) is 99.1 Å². The van der Waals surface area contributed by atoms with Crippen LogP contribution in [0.2, 0.25) is 0 Å². The molecule has 1 atom stereocenters. The number of amides is 1. The van der Waals surface area contributed by atoms with E-state index in [9.17, 15) is 18.3 Å². The fourth-order valence-corrected chi connectivity index (χ4v) is 6.00. The molecule has 0 aliphatic carbocycles. The second-order valence-corrected chi connectivity index (χ2v) is 11.1. The SMILES string of the molecule is CN1CCN(S(=O)(=O)c2ccccc2OCC(=O)NCC(O)CN2CCc3ccccc3C2)CC1. The lowest BCUT2D eigenvalue weighted by molar-refractivity contribution is -0.123. The molecule has 2 aromatic carbocycles. The Labute approximate surface area is 207 Å².